The Balaban J connectivity index is 0.00000144. The summed E-state index contributed by atoms with van der Waals surface area (Å²) >= 11 is 0. The predicted octanol–water partition coefficient (Wildman–Crippen LogP) is 1.26. The summed E-state index contributed by atoms with van der Waals surface area (Å²) in [6, 6.07) is 2.13. The van der Waals surface area contributed by atoms with Gasteiger partial charge in [0.2, 0.25) is 5.91 Å². The smallest absolute Gasteiger partial charge is 0.223 e. The molecule has 2 saturated heterocycles. The van der Waals surface area contributed by atoms with Crippen molar-refractivity contribution < 1.29 is 4.79 Å². The standard InChI is InChI=1S/C16H27N5O.2ClH/c1-19-15(4-6-18-19)14-3-2-9-20(13-14)10-5-16(22)21-11-7-17-8-12-21;;/h4,6,14,17H,2-3,5,7-13H2,1H3;2*1H. The van der Waals surface area contributed by atoms with Gasteiger partial charge >= 0.3 is 0 Å². The van der Waals surface area contributed by atoms with Crippen molar-refractivity contribution in [3.63, 3.8) is 0 Å². The molecular weight excluding hydrogens is 349 g/mol. The fourth-order valence-corrected chi connectivity index (χ4v) is 3.61. The van der Waals surface area contributed by atoms with Crippen LogP contribution in [0.5, 0.6) is 0 Å². The van der Waals surface area contributed by atoms with Crippen LogP contribution in [-0.4, -0.2) is 71.3 Å². The summed E-state index contributed by atoms with van der Waals surface area (Å²) in [5, 5.41) is 7.57. The van der Waals surface area contributed by atoms with Crippen molar-refractivity contribution >= 4 is 30.7 Å². The molecular formula is C16H29Cl2N5O. The molecule has 3 rings (SSSR count). The van der Waals surface area contributed by atoms with Gasteiger partial charge in [-0.3, -0.25) is 9.48 Å². The summed E-state index contributed by atoms with van der Waals surface area (Å²) in [5.74, 6) is 0.861. The number of aryl methyl sites for hydroxylation is 1. The average Bonchev–Trinajstić information content (AvgIpc) is 3.00. The number of piperazine rings is 1. The van der Waals surface area contributed by atoms with E-state index in [9.17, 15) is 4.79 Å². The molecule has 1 N–H and O–H groups in total. The SMILES string of the molecule is Cl.Cl.Cn1nccc1C1CCCN(CCC(=O)N2CCNCC2)C1. The Hall–Kier alpha value is -0.820. The Morgan fingerprint density at radius 2 is 2.04 bits per heavy atom. The first-order valence-electron chi connectivity index (χ1n) is 8.43. The highest BCUT2D eigenvalue weighted by atomic mass is 35.5. The van der Waals surface area contributed by atoms with E-state index in [1.807, 2.05) is 22.8 Å². The molecule has 0 radical (unpaired) electrons. The van der Waals surface area contributed by atoms with Crippen LogP contribution in [0.3, 0.4) is 0 Å². The summed E-state index contributed by atoms with van der Waals surface area (Å²) in [7, 11) is 2.02. The second-order valence-electron chi connectivity index (χ2n) is 6.40. The van der Waals surface area contributed by atoms with E-state index in [2.05, 4.69) is 21.4 Å². The van der Waals surface area contributed by atoms with Gasteiger partial charge in [0, 0.05) is 70.5 Å². The van der Waals surface area contributed by atoms with Gasteiger partial charge in [-0.1, -0.05) is 0 Å². The first kappa shape index (κ1) is 21.2. The van der Waals surface area contributed by atoms with E-state index in [0.717, 1.165) is 45.8 Å². The van der Waals surface area contributed by atoms with E-state index in [4.69, 9.17) is 0 Å². The molecule has 2 fully saturated rings. The fraction of sp³-hybridized carbons (Fsp3) is 0.750. The minimum atomic E-state index is 0. The minimum Gasteiger partial charge on any atom is -0.340 e. The Morgan fingerprint density at radius 1 is 1.29 bits per heavy atom. The second-order valence-corrected chi connectivity index (χ2v) is 6.40. The highest BCUT2D eigenvalue weighted by Gasteiger charge is 2.24. The van der Waals surface area contributed by atoms with Crippen LogP contribution in [0.1, 0.15) is 30.9 Å². The lowest BCUT2D eigenvalue weighted by molar-refractivity contribution is -0.132. The van der Waals surface area contributed by atoms with Crippen molar-refractivity contribution in [3.8, 4) is 0 Å². The lowest BCUT2D eigenvalue weighted by Crippen LogP contribution is -2.47. The number of aromatic nitrogens is 2. The zero-order chi connectivity index (χ0) is 15.4. The lowest BCUT2D eigenvalue weighted by atomic mass is 9.94. The van der Waals surface area contributed by atoms with Crippen LogP contribution < -0.4 is 5.32 Å². The zero-order valence-corrected chi connectivity index (χ0v) is 15.9. The molecule has 1 aromatic rings. The van der Waals surface area contributed by atoms with Crippen LogP contribution in [0.2, 0.25) is 0 Å². The summed E-state index contributed by atoms with van der Waals surface area (Å²) in [5.41, 5.74) is 1.32. The first-order chi connectivity index (χ1) is 10.7. The molecule has 0 aromatic carbocycles. The number of halogens is 2. The first-order valence-corrected chi connectivity index (χ1v) is 8.43. The Labute approximate surface area is 156 Å². The molecule has 1 amide bonds. The van der Waals surface area contributed by atoms with Gasteiger partial charge in [0.1, 0.15) is 0 Å². The largest absolute Gasteiger partial charge is 0.340 e. The maximum Gasteiger partial charge on any atom is 0.223 e. The van der Waals surface area contributed by atoms with Gasteiger partial charge in [-0.05, 0) is 25.5 Å². The molecule has 6 nitrogen and oxygen atoms in total. The van der Waals surface area contributed by atoms with Gasteiger partial charge < -0.3 is 15.1 Å². The number of amides is 1. The summed E-state index contributed by atoms with van der Waals surface area (Å²) in [6.45, 7) is 6.62. The van der Waals surface area contributed by atoms with Gasteiger partial charge in [-0.15, -0.1) is 24.8 Å². The highest BCUT2D eigenvalue weighted by molar-refractivity contribution is 5.85. The van der Waals surface area contributed by atoms with Crippen molar-refractivity contribution in [1.29, 1.82) is 0 Å². The molecule has 1 unspecified atom stereocenters. The van der Waals surface area contributed by atoms with Crippen molar-refractivity contribution in [3.05, 3.63) is 18.0 Å². The summed E-state index contributed by atoms with van der Waals surface area (Å²) < 4.78 is 1.99. The molecule has 3 heterocycles. The van der Waals surface area contributed by atoms with E-state index < -0.39 is 0 Å². The number of rotatable bonds is 4. The number of nitrogens with zero attached hydrogens (tertiary/aromatic N) is 4. The van der Waals surface area contributed by atoms with E-state index in [1.54, 1.807) is 0 Å². The second kappa shape index (κ2) is 10.2. The van der Waals surface area contributed by atoms with Gasteiger partial charge in [-0.25, -0.2) is 0 Å². The predicted molar refractivity (Wildman–Crippen MR) is 100 cm³/mol. The topological polar surface area (TPSA) is 53.4 Å². The molecule has 1 aromatic heterocycles. The van der Waals surface area contributed by atoms with Crippen molar-refractivity contribution in [2.75, 3.05) is 45.8 Å². The van der Waals surface area contributed by atoms with E-state index in [-0.39, 0.29) is 24.8 Å². The van der Waals surface area contributed by atoms with Crippen LogP contribution in [0.4, 0.5) is 0 Å². The number of nitrogens with one attached hydrogen (secondary N) is 1. The van der Waals surface area contributed by atoms with Crippen LogP contribution in [0.15, 0.2) is 12.3 Å². The van der Waals surface area contributed by atoms with Gasteiger partial charge in [0.15, 0.2) is 0 Å². The number of piperidine rings is 1. The highest BCUT2D eigenvalue weighted by Crippen LogP contribution is 2.26. The molecule has 2 aliphatic heterocycles. The van der Waals surface area contributed by atoms with Crippen LogP contribution in [-0.2, 0) is 11.8 Å². The molecule has 0 aliphatic carbocycles. The zero-order valence-electron chi connectivity index (χ0n) is 14.3. The van der Waals surface area contributed by atoms with Crippen molar-refractivity contribution in [2.24, 2.45) is 7.05 Å². The molecule has 0 spiro atoms. The lowest BCUT2D eigenvalue weighted by Gasteiger charge is -2.33. The number of carbonyl (C=O) groups excluding carboxylic acids is 1. The van der Waals surface area contributed by atoms with Crippen LogP contribution >= 0.6 is 24.8 Å². The molecule has 1 atom stereocenters. The third-order valence-electron chi connectivity index (χ3n) is 4.89. The summed E-state index contributed by atoms with van der Waals surface area (Å²) in [4.78, 5) is 16.7. The number of carbonyl (C=O) groups is 1. The Bertz CT molecular complexity index is 504. The third kappa shape index (κ3) is 5.34. The monoisotopic (exact) mass is 377 g/mol. The molecule has 24 heavy (non-hydrogen) atoms. The maximum absolute atomic E-state index is 12.3. The van der Waals surface area contributed by atoms with E-state index in [1.165, 1.54) is 18.5 Å². The Morgan fingerprint density at radius 3 is 2.71 bits per heavy atom. The van der Waals surface area contributed by atoms with E-state index in [0.29, 0.717) is 18.2 Å². The van der Waals surface area contributed by atoms with Gasteiger partial charge in [0.05, 0.1) is 0 Å². The normalized spacial score (nSPS) is 21.7. The van der Waals surface area contributed by atoms with Crippen molar-refractivity contribution in [2.45, 2.75) is 25.2 Å². The number of hydrogen-bond acceptors (Lipinski definition) is 4. The van der Waals surface area contributed by atoms with Crippen LogP contribution in [0, 0.1) is 0 Å². The minimum absolute atomic E-state index is 0. The van der Waals surface area contributed by atoms with Crippen LogP contribution in [0.25, 0.3) is 0 Å². The van der Waals surface area contributed by atoms with Gasteiger partial charge in [-0.2, -0.15) is 5.10 Å². The van der Waals surface area contributed by atoms with Crippen molar-refractivity contribution in [1.82, 2.24) is 24.9 Å². The maximum atomic E-state index is 12.3. The average molecular weight is 378 g/mol. The van der Waals surface area contributed by atoms with E-state index >= 15 is 0 Å². The number of likely N-dealkylation sites (tertiary alicyclic amines) is 1. The molecule has 8 heteroatoms. The Kier molecular flexibility index (Phi) is 9.05. The quantitative estimate of drug-likeness (QED) is 0.857. The number of hydrogen-bond donors (Lipinski definition) is 1. The molecule has 0 bridgehead atoms. The third-order valence-corrected chi connectivity index (χ3v) is 4.89. The fourth-order valence-electron chi connectivity index (χ4n) is 3.61. The molecule has 138 valence electrons. The molecule has 0 saturated carbocycles. The summed E-state index contributed by atoms with van der Waals surface area (Å²) in [6.07, 6.45) is 4.96. The molecule has 2 aliphatic rings. The van der Waals surface area contributed by atoms with Gasteiger partial charge in [0.25, 0.3) is 0 Å².